The number of aryl methyl sites for hydroxylation is 1. The van der Waals surface area contributed by atoms with Gasteiger partial charge in [-0.15, -0.1) is 0 Å². The second kappa shape index (κ2) is 13.0. The third kappa shape index (κ3) is 6.89. The summed E-state index contributed by atoms with van der Waals surface area (Å²) in [7, 11) is 0. The molecule has 0 spiro atoms. The average Bonchev–Trinajstić information content (AvgIpc) is 3.32. The van der Waals surface area contributed by atoms with Crippen LogP contribution in [0.3, 0.4) is 0 Å². The Labute approximate surface area is 211 Å². The monoisotopic (exact) mass is 462 g/mol. The van der Waals surface area contributed by atoms with Crippen molar-refractivity contribution in [1.82, 2.24) is 0 Å². The van der Waals surface area contributed by atoms with Gasteiger partial charge in [0.2, 0.25) is 0 Å². The zero-order chi connectivity index (χ0) is 24.3. The highest BCUT2D eigenvalue weighted by Gasteiger charge is 2.09. The van der Waals surface area contributed by atoms with E-state index in [-0.39, 0.29) is 0 Å². The third-order valence-electron chi connectivity index (χ3n) is 6.69. The van der Waals surface area contributed by atoms with Gasteiger partial charge in [0.05, 0.1) is 0 Å². The molecule has 3 aromatic carbocycles. The zero-order valence-corrected chi connectivity index (χ0v) is 21.4. The maximum Gasteiger partial charge on any atom is 0.135 e. The van der Waals surface area contributed by atoms with Crippen molar-refractivity contribution >= 4 is 11.0 Å². The van der Waals surface area contributed by atoms with Crippen LogP contribution in [-0.4, -0.2) is 0 Å². The summed E-state index contributed by atoms with van der Waals surface area (Å²) in [5, 5.41) is 1.13. The lowest BCUT2D eigenvalue weighted by atomic mass is 9.98. The molecule has 0 saturated heterocycles. The molecule has 0 radical (unpaired) electrons. The molecule has 0 fully saturated rings. The first kappa shape index (κ1) is 24.9. The quantitative estimate of drug-likeness (QED) is 0.160. The Balaban J connectivity index is 1.49. The minimum absolute atomic E-state index is 0.923. The molecule has 35 heavy (non-hydrogen) atoms. The molecule has 180 valence electrons. The van der Waals surface area contributed by atoms with Crippen LogP contribution in [0.1, 0.15) is 82.8 Å². The van der Waals surface area contributed by atoms with Crippen molar-refractivity contribution in [3.8, 4) is 34.3 Å². The fourth-order valence-electron chi connectivity index (χ4n) is 4.59. The van der Waals surface area contributed by atoms with Gasteiger partial charge >= 0.3 is 0 Å². The maximum atomic E-state index is 6.21. The van der Waals surface area contributed by atoms with Crippen molar-refractivity contribution < 1.29 is 4.42 Å². The summed E-state index contributed by atoms with van der Waals surface area (Å²) in [6.45, 7) is 4.49. The van der Waals surface area contributed by atoms with Crippen molar-refractivity contribution in [3.05, 3.63) is 83.9 Å². The predicted molar refractivity (Wildman–Crippen MR) is 151 cm³/mol. The second-order valence-corrected chi connectivity index (χ2v) is 9.53. The van der Waals surface area contributed by atoms with E-state index >= 15 is 0 Å². The van der Waals surface area contributed by atoms with Crippen LogP contribution in [0.2, 0.25) is 0 Å². The van der Waals surface area contributed by atoms with Gasteiger partial charge in [-0.3, -0.25) is 0 Å². The molecule has 1 heterocycles. The van der Waals surface area contributed by atoms with Gasteiger partial charge in [0.15, 0.2) is 0 Å². The Hall–Kier alpha value is -3.24. The lowest BCUT2D eigenvalue weighted by Crippen LogP contribution is -1.86. The Morgan fingerprint density at radius 2 is 1.43 bits per heavy atom. The highest BCUT2D eigenvalue weighted by Crippen LogP contribution is 2.32. The first-order valence-corrected chi connectivity index (χ1v) is 13.5. The van der Waals surface area contributed by atoms with Gasteiger partial charge in [0, 0.05) is 22.9 Å². The van der Waals surface area contributed by atoms with Crippen LogP contribution < -0.4 is 0 Å². The summed E-state index contributed by atoms with van der Waals surface area (Å²) >= 11 is 0. The molecule has 0 atom stereocenters. The molecular formula is C34H38O. The highest BCUT2D eigenvalue weighted by atomic mass is 16.3. The second-order valence-electron chi connectivity index (χ2n) is 9.53. The lowest BCUT2D eigenvalue weighted by Gasteiger charge is -2.05. The summed E-state index contributed by atoms with van der Waals surface area (Å²) in [6.07, 6.45) is 12.4. The maximum absolute atomic E-state index is 6.21. The van der Waals surface area contributed by atoms with Gasteiger partial charge in [-0.1, -0.05) is 113 Å². The van der Waals surface area contributed by atoms with Gasteiger partial charge in [-0.05, 0) is 60.2 Å². The van der Waals surface area contributed by atoms with E-state index in [2.05, 4.69) is 98.5 Å². The number of rotatable bonds is 11. The van der Waals surface area contributed by atoms with Gasteiger partial charge in [-0.25, -0.2) is 0 Å². The SMILES string of the molecule is CCCCCC#Cc1ccccc1-c1ccc2oc(-c3ccc(CCCCCCC)cc3)cc2c1. The van der Waals surface area contributed by atoms with E-state index in [1.165, 1.54) is 68.1 Å². The fourth-order valence-corrected chi connectivity index (χ4v) is 4.59. The van der Waals surface area contributed by atoms with Crippen LogP contribution in [0.25, 0.3) is 33.4 Å². The van der Waals surface area contributed by atoms with Gasteiger partial charge < -0.3 is 4.42 Å². The molecule has 0 amide bonds. The van der Waals surface area contributed by atoms with E-state index in [1.807, 2.05) is 0 Å². The number of unbranched alkanes of at least 4 members (excludes halogenated alkanes) is 7. The van der Waals surface area contributed by atoms with Crippen LogP contribution in [-0.2, 0) is 6.42 Å². The van der Waals surface area contributed by atoms with Crippen LogP contribution in [0.4, 0.5) is 0 Å². The van der Waals surface area contributed by atoms with Crippen LogP contribution in [0, 0.1) is 11.8 Å². The van der Waals surface area contributed by atoms with E-state index in [0.29, 0.717) is 0 Å². The number of furan rings is 1. The van der Waals surface area contributed by atoms with Crippen LogP contribution in [0.15, 0.2) is 77.2 Å². The number of benzene rings is 3. The summed E-state index contributed by atoms with van der Waals surface area (Å²) in [5.74, 6) is 7.70. The van der Waals surface area contributed by atoms with E-state index in [4.69, 9.17) is 4.42 Å². The Morgan fingerprint density at radius 1 is 0.686 bits per heavy atom. The van der Waals surface area contributed by atoms with Crippen molar-refractivity contribution in [1.29, 1.82) is 0 Å². The van der Waals surface area contributed by atoms with Gasteiger partial charge in [0.1, 0.15) is 11.3 Å². The molecule has 1 nitrogen and oxygen atoms in total. The van der Waals surface area contributed by atoms with E-state index in [9.17, 15) is 0 Å². The molecule has 0 aliphatic carbocycles. The Morgan fingerprint density at radius 3 is 2.26 bits per heavy atom. The molecule has 0 unspecified atom stereocenters. The molecule has 4 aromatic rings. The molecular weight excluding hydrogens is 424 g/mol. The zero-order valence-electron chi connectivity index (χ0n) is 21.4. The Kier molecular flexibility index (Phi) is 9.24. The summed E-state index contributed by atoms with van der Waals surface area (Å²) in [6, 6.07) is 26.0. The topological polar surface area (TPSA) is 13.1 Å². The number of hydrogen-bond acceptors (Lipinski definition) is 1. The first-order valence-electron chi connectivity index (χ1n) is 13.5. The summed E-state index contributed by atoms with van der Waals surface area (Å²) in [5.41, 5.74) is 6.93. The number of hydrogen-bond donors (Lipinski definition) is 0. The molecule has 0 N–H and O–H groups in total. The summed E-state index contributed by atoms with van der Waals surface area (Å²) in [4.78, 5) is 0. The molecule has 1 aromatic heterocycles. The molecule has 0 bridgehead atoms. The largest absolute Gasteiger partial charge is 0.456 e. The third-order valence-corrected chi connectivity index (χ3v) is 6.69. The molecule has 0 aliphatic rings. The molecule has 1 heteroatoms. The van der Waals surface area contributed by atoms with E-state index in [0.717, 1.165) is 40.7 Å². The highest BCUT2D eigenvalue weighted by molar-refractivity contribution is 5.88. The van der Waals surface area contributed by atoms with E-state index in [1.54, 1.807) is 0 Å². The smallest absolute Gasteiger partial charge is 0.135 e. The summed E-state index contributed by atoms with van der Waals surface area (Å²) < 4.78 is 6.21. The van der Waals surface area contributed by atoms with E-state index < -0.39 is 0 Å². The standard InChI is InChI=1S/C34H38O/c1-3-5-7-9-11-15-27-19-21-29(22-20-27)34-26-31-25-30(23-24-33(31)35-34)32-18-14-13-17-28(32)16-12-10-8-6-4-2/h13-14,17-26H,3-11,15H2,1-2H3. The lowest BCUT2D eigenvalue weighted by molar-refractivity contribution is 0.630. The fraction of sp³-hybridized carbons (Fsp3) is 0.353. The molecule has 0 saturated carbocycles. The van der Waals surface area contributed by atoms with Crippen molar-refractivity contribution in [3.63, 3.8) is 0 Å². The minimum Gasteiger partial charge on any atom is -0.456 e. The van der Waals surface area contributed by atoms with Crippen molar-refractivity contribution in [2.45, 2.75) is 78.1 Å². The average molecular weight is 463 g/mol. The normalized spacial score (nSPS) is 10.9. The molecule has 4 rings (SSSR count). The van der Waals surface area contributed by atoms with Crippen molar-refractivity contribution in [2.24, 2.45) is 0 Å². The van der Waals surface area contributed by atoms with Crippen LogP contribution in [0.5, 0.6) is 0 Å². The minimum atomic E-state index is 0.923. The van der Waals surface area contributed by atoms with Crippen molar-refractivity contribution in [2.75, 3.05) is 0 Å². The predicted octanol–water partition coefficient (Wildman–Crippen LogP) is 10.2. The Bertz CT molecular complexity index is 1260. The van der Waals surface area contributed by atoms with Gasteiger partial charge in [-0.2, -0.15) is 0 Å². The van der Waals surface area contributed by atoms with Crippen LogP contribution >= 0.6 is 0 Å². The number of fused-ring (bicyclic) bond motifs is 1. The molecule has 0 aliphatic heterocycles. The first-order chi connectivity index (χ1) is 17.3. The van der Waals surface area contributed by atoms with Gasteiger partial charge in [0.25, 0.3) is 0 Å².